The van der Waals surface area contributed by atoms with Crippen LogP contribution in [0.25, 0.3) is 0 Å². The lowest BCUT2D eigenvalue weighted by Gasteiger charge is -2.31. The Labute approximate surface area is 162 Å². The largest absolute Gasteiger partial charge is 0.490 e. The molecule has 1 aliphatic rings. The molecule has 2 heterocycles. The number of aryl methyl sites for hydroxylation is 1. The van der Waals surface area contributed by atoms with Crippen LogP contribution in [0.3, 0.4) is 0 Å². The molecule has 1 atom stereocenters. The Hall–Kier alpha value is -3.10. The number of ether oxygens (including phenoxy) is 2. The highest BCUT2D eigenvalue weighted by atomic mass is 16.5. The Morgan fingerprint density at radius 1 is 1.32 bits per heavy atom. The number of hydrogen-bond acceptors (Lipinski definition) is 7. The molecular weight excluding hydrogens is 366 g/mol. The van der Waals surface area contributed by atoms with Gasteiger partial charge >= 0.3 is 5.97 Å². The highest BCUT2D eigenvalue weighted by Crippen LogP contribution is 2.31. The zero-order valence-electron chi connectivity index (χ0n) is 15.9. The third-order valence-corrected chi connectivity index (χ3v) is 4.44. The molecule has 0 radical (unpaired) electrons. The number of carboxylic acid groups (broad SMARTS) is 1. The summed E-state index contributed by atoms with van der Waals surface area (Å²) >= 11 is 0. The molecule has 9 nitrogen and oxygen atoms in total. The number of carbonyl (C=O) groups excluding carboxylic acids is 1. The van der Waals surface area contributed by atoms with E-state index in [1.54, 1.807) is 36.9 Å². The molecule has 1 N–H and O–H groups in total. The summed E-state index contributed by atoms with van der Waals surface area (Å²) in [5, 5.41) is 12.6. The van der Waals surface area contributed by atoms with Gasteiger partial charge in [-0.3, -0.25) is 4.79 Å². The van der Waals surface area contributed by atoms with Crippen LogP contribution in [0.15, 0.2) is 22.7 Å². The van der Waals surface area contributed by atoms with Gasteiger partial charge in [0.25, 0.3) is 5.91 Å². The molecule has 1 aromatic carbocycles. The zero-order valence-corrected chi connectivity index (χ0v) is 15.9. The van der Waals surface area contributed by atoms with Crippen molar-refractivity contribution in [2.45, 2.75) is 32.6 Å². The van der Waals surface area contributed by atoms with Gasteiger partial charge < -0.3 is 24.0 Å². The molecule has 3 rings (SSSR count). The number of rotatable bonds is 7. The van der Waals surface area contributed by atoms with Crippen molar-refractivity contribution in [3.63, 3.8) is 0 Å². The van der Waals surface area contributed by atoms with E-state index in [2.05, 4.69) is 10.1 Å². The van der Waals surface area contributed by atoms with Gasteiger partial charge in [-0.05, 0) is 44.9 Å². The van der Waals surface area contributed by atoms with Crippen LogP contribution in [0.1, 0.15) is 47.8 Å². The lowest BCUT2D eigenvalue weighted by atomic mass is 9.97. The first-order chi connectivity index (χ1) is 13.5. The van der Waals surface area contributed by atoms with Crippen molar-refractivity contribution in [3.05, 3.63) is 35.5 Å². The fraction of sp³-hybridized carbons (Fsp3) is 0.474. The molecule has 1 aliphatic heterocycles. The standard InChI is InChI=1S/C19H23N3O6/c1-3-26-16-9-13(6-7-15(16)27-11-17(23)24)19(25)22-8-4-5-14(10-22)18-20-12(2)21-28-18/h6-7,9,14H,3-5,8,10-11H2,1-2H3,(H,23,24)/t14-/m1/s1. The third-order valence-electron chi connectivity index (χ3n) is 4.44. The molecule has 0 saturated carbocycles. The minimum atomic E-state index is -1.08. The van der Waals surface area contributed by atoms with Gasteiger partial charge in [-0.2, -0.15) is 4.98 Å². The quantitative estimate of drug-likeness (QED) is 0.767. The average Bonchev–Trinajstić information content (AvgIpc) is 3.13. The van der Waals surface area contributed by atoms with Gasteiger partial charge in [0.15, 0.2) is 23.9 Å². The van der Waals surface area contributed by atoms with Gasteiger partial charge in [0.05, 0.1) is 12.5 Å². The molecule has 2 aromatic rings. The van der Waals surface area contributed by atoms with Crippen LogP contribution in [-0.4, -0.2) is 58.3 Å². The van der Waals surface area contributed by atoms with Gasteiger partial charge in [-0.25, -0.2) is 4.79 Å². The monoisotopic (exact) mass is 389 g/mol. The number of nitrogens with zero attached hydrogens (tertiary/aromatic N) is 3. The summed E-state index contributed by atoms with van der Waals surface area (Å²) in [6.45, 7) is 4.60. The predicted molar refractivity (Wildman–Crippen MR) is 97.7 cm³/mol. The van der Waals surface area contributed by atoms with E-state index < -0.39 is 12.6 Å². The molecule has 1 saturated heterocycles. The first kappa shape index (κ1) is 19.7. The van der Waals surface area contributed by atoms with Crippen molar-refractivity contribution in [1.29, 1.82) is 0 Å². The Bertz CT molecular complexity index is 850. The Morgan fingerprint density at radius 2 is 2.14 bits per heavy atom. The summed E-state index contributed by atoms with van der Waals surface area (Å²) in [6.07, 6.45) is 1.73. The minimum Gasteiger partial charge on any atom is -0.490 e. The van der Waals surface area contributed by atoms with E-state index in [1.807, 2.05) is 0 Å². The zero-order chi connectivity index (χ0) is 20.1. The van der Waals surface area contributed by atoms with E-state index in [0.29, 0.717) is 48.5 Å². The van der Waals surface area contributed by atoms with Gasteiger partial charge in [0, 0.05) is 18.7 Å². The van der Waals surface area contributed by atoms with Crippen molar-refractivity contribution >= 4 is 11.9 Å². The van der Waals surface area contributed by atoms with Crippen LogP contribution in [0.2, 0.25) is 0 Å². The minimum absolute atomic E-state index is 0.0171. The first-order valence-electron chi connectivity index (χ1n) is 9.18. The van der Waals surface area contributed by atoms with Gasteiger partial charge in [0.1, 0.15) is 0 Å². The maximum absolute atomic E-state index is 13.0. The van der Waals surface area contributed by atoms with Gasteiger partial charge in [0.2, 0.25) is 5.89 Å². The molecule has 0 spiro atoms. The fourth-order valence-electron chi connectivity index (χ4n) is 3.19. The van der Waals surface area contributed by atoms with Crippen molar-refractivity contribution < 1.29 is 28.7 Å². The molecule has 0 aliphatic carbocycles. The third kappa shape index (κ3) is 4.59. The maximum atomic E-state index is 13.0. The lowest BCUT2D eigenvalue weighted by Crippen LogP contribution is -2.39. The lowest BCUT2D eigenvalue weighted by molar-refractivity contribution is -0.139. The smallest absolute Gasteiger partial charge is 0.341 e. The number of aromatic nitrogens is 2. The highest BCUT2D eigenvalue weighted by molar-refractivity contribution is 5.95. The number of amides is 1. The normalized spacial score (nSPS) is 16.6. The second kappa shape index (κ2) is 8.73. The summed E-state index contributed by atoms with van der Waals surface area (Å²) < 4.78 is 16.0. The van der Waals surface area contributed by atoms with Crippen LogP contribution >= 0.6 is 0 Å². The van der Waals surface area contributed by atoms with Crippen LogP contribution in [0, 0.1) is 6.92 Å². The topological polar surface area (TPSA) is 115 Å². The summed E-state index contributed by atoms with van der Waals surface area (Å²) in [5.74, 6) is 0.571. The molecule has 1 fully saturated rings. The van der Waals surface area contributed by atoms with Crippen molar-refractivity contribution in [2.75, 3.05) is 26.3 Å². The molecule has 9 heteroatoms. The number of piperidine rings is 1. The fourth-order valence-corrected chi connectivity index (χ4v) is 3.19. The van der Waals surface area contributed by atoms with E-state index in [-0.39, 0.29) is 11.8 Å². The second-order valence-electron chi connectivity index (χ2n) is 6.55. The van der Waals surface area contributed by atoms with Crippen molar-refractivity contribution in [3.8, 4) is 11.5 Å². The Morgan fingerprint density at radius 3 is 2.82 bits per heavy atom. The SMILES string of the molecule is CCOc1cc(C(=O)N2CCC[C@@H](c3nc(C)no3)C2)ccc1OCC(=O)O. The molecular formula is C19H23N3O6. The molecule has 28 heavy (non-hydrogen) atoms. The van der Waals surface area contributed by atoms with E-state index in [4.69, 9.17) is 19.1 Å². The van der Waals surface area contributed by atoms with E-state index in [9.17, 15) is 9.59 Å². The number of aliphatic carboxylic acids is 1. The predicted octanol–water partition coefficient (Wildman–Crippen LogP) is 2.26. The van der Waals surface area contributed by atoms with E-state index in [0.717, 1.165) is 12.8 Å². The van der Waals surface area contributed by atoms with Crippen LogP contribution in [-0.2, 0) is 4.79 Å². The summed E-state index contributed by atoms with van der Waals surface area (Å²) in [4.78, 5) is 29.8. The maximum Gasteiger partial charge on any atom is 0.341 e. The number of carbonyl (C=O) groups is 2. The van der Waals surface area contributed by atoms with E-state index in [1.165, 1.54) is 0 Å². The summed E-state index contributed by atoms with van der Waals surface area (Å²) in [6, 6.07) is 4.76. The van der Waals surface area contributed by atoms with E-state index >= 15 is 0 Å². The van der Waals surface area contributed by atoms with Gasteiger partial charge in [-0.15, -0.1) is 0 Å². The van der Waals surface area contributed by atoms with Crippen LogP contribution in [0.4, 0.5) is 0 Å². The van der Waals surface area contributed by atoms with Crippen molar-refractivity contribution in [1.82, 2.24) is 15.0 Å². The summed E-state index contributed by atoms with van der Waals surface area (Å²) in [7, 11) is 0. The molecule has 1 amide bonds. The molecule has 1 aromatic heterocycles. The Kier molecular flexibility index (Phi) is 6.13. The number of benzene rings is 1. The summed E-state index contributed by atoms with van der Waals surface area (Å²) in [5.41, 5.74) is 0.452. The Balaban J connectivity index is 1.75. The molecule has 0 bridgehead atoms. The molecule has 150 valence electrons. The highest BCUT2D eigenvalue weighted by Gasteiger charge is 2.29. The first-order valence-corrected chi connectivity index (χ1v) is 9.18. The van der Waals surface area contributed by atoms with Crippen LogP contribution < -0.4 is 9.47 Å². The number of hydrogen-bond donors (Lipinski definition) is 1. The van der Waals surface area contributed by atoms with Crippen LogP contribution in [0.5, 0.6) is 11.5 Å². The number of carboxylic acids is 1. The van der Waals surface area contributed by atoms with Crippen molar-refractivity contribution in [2.24, 2.45) is 0 Å². The molecule has 0 unspecified atom stereocenters. The second-order valence-corrected chi connectivity index (χ2v) is 6.55. The number of likely N-dealkylation sites (tertiary alicyclic amines) is 1. The van der Waals surface area contributed by atoms with Gasteiger partial charge in [-0.1, -0.05) is 5.16 Å². The average molecular weight is 389 g/mol.